The van der Waals surface area contributed by atoms with Gasteiger partial charge in [0.2, 0.25) is 0 Å². The monoisotopic (exact) mass is 314 g/mol. The quantitative estimate of drug-likeness (QED) is 0.859. The maximum Gasteiger partial charge on any atom is 0.263 e. The van der Waals surface area contributed by atoms with Gasteiger partial charge in [-0.2, -0.15) is 0 Å². The fourth-order valence-corrected chi connectivity index (χ4v) is 2.35. The van der Waals surface area contributed by atoms with Crippen LogP contribution in [0.1, 0.15) is 25.7 Å². The highest BCUT2D eigenvalue weighted by molar-refractivity contribution is 9.10. The molecule has 1 saturated carbocycles. The minimum absolute atomic E-state index is 0.0367. The second-order valence-corrected chi connectivity index (χ2v) is 5.28. The number of rotatable bonds is 4. The number of hydrogen-bond acceptors (Lipinski definition) is 3. The van der Waals surface area contributed by atoms with Crippen LogP contribution in [0, 0.1) is 0 Å². The topological polar surface area (TPSA) is 60.3 Å². The molecule has 0 atom stereocenters. The second-order valence-electron chi connectivity index (χ2n) is 4.36. The molecule has 18 heavy (non-hydrogen) atoms. The number of carbonyl (C=O) groups is 1. The number of carbonyl (C=O) groups excluding carboxylic acids is 1. The number of hydrogen-bond donors (Lipinski definition) is 1. The first kappa shape index (κ1) is 13.3. The van der Waals surface area contributed by atoms with Gasteiger partial charge < -0.3 is 4.57 Å². The van der Waals surface area contributed by atoms with Crippen LogP contribution < -0.4 is 11.0 Å². The zero-order valence-corrected chi connectivity index (χ0v) is 11.5. The van der Waals surface area contributed by atoms with Crippen molar-refractivity contribution in [1.29, 1.82) is 0 Å². The molecule has 1 N–H and O–H groups in total. The van der Waals surface area contributed by atoms with Gasteiger partial charge >= 0.3 is 0 Å². The zero-order chi connectivity index (χ0) is 13.0. The lowest BCUT2D eigenvalue weighted by molar-refractivity contribution is -0.138. The molecule has 1 aliphatic carbocycles. The standard InChI is InChI=1S/C12H15BrN2O3/c13-9-5-6-12(17)15(7-9)8-11(16)14-18-10-3-1-2-4-10/h5-7,10H,1-4,8H2,(H,14,16). The largest absolute Gasteiger partial charge is 0.305 e. The average Bonchev–Trinajstić information content (AvgIpc) is 2.84. The number of aromatic nitrogens is 1. The summed E-state index contributed by atoms with van der Waals surface area (Å²) in [5.41, 5.74) is 2.19. The Hall–Kier alpha value is -1.14. The van der Waals surface area contributed by atoms with Crippen LogP contribution in [0.2, 0.25) is 0 Å². The van der Waals surface area contributed by atoms with Gasteiger partial charge in [-0.15, -0.1) is 0 Å². The summed E-state index contributed by atoms with van der Waals surface area (Å²) >= 11 is 3.26. The molecule has 2 rings (SSSR count). The summed E-state index contributed by atoms with van der Waals surface area (Å²) < 4.78 is 2.09. The lowest BCUT2D eigenvalue weighted by Crippen LogP contribution is -2.34. The van der Waals surface area contributed by atoms with Crippen molar-refractivity contribution < 1.29 is 9.63 Å². The predicted octanol–water partition coefficient (Wildman–Crippen LogP) is 1.60. The Kier molecular flexibility index (Phi) is 4.54. The smallest absolute Gasteiger partial charge is 0.263 e. The van der Waals surface area contributed by atoms with Gasteiger partial charge in [-0.1, -0.05) is 12.8 Å². The van der Waals surface area contributed by atoms with E-state index in [4.69, 9.17) is 4.84 Å². The lowest BCUT2D eigenvalue weighted by Gasteiger charge is -2.12. The van der Waals surface area contributed by atoms with E-state index in [0.29, 0.717) is 0 Å². The minimum atomic E-state index is -0.317. The van der Waals surface area contributed by atoms with Gasteiger partial charge in [-0.05, 0) is 34.8 Å². The maximum atomic E-state index is 11.6. The Labute approximate surface area is 113 Å². The molecule has 5 nitrogen and oxygen atoms in total. The Morgan fingerprint density at radius 3 is 2.89 bits per heavy atom. The van der Waals surface area contributed by atoms with Crippen LogP contribution >= 0.6 is 15.9 Å². The summed E-state index contributed by atoms with van der Waals surface area (Å²) in [6.07, 6.45) is 5.95. The summed E-state index contributed by atoms with van der Waals surface area (Å²) in [4.78, 5) is 28.4. The molecule has 0 spiro atoms. The van der Waals surface area contributed by atoms with E-state index in [2.05, 4.69) is 21.4 Å². The van der Waals surface area contributed by atoms with Crippen molar-refractivity contribution in [2.24, 2.45) is 0 Å². The van der Waals surface area contributed by atoms with Crippen LogP contribution in [0.25, 0.3) is 0 Å². The van der Waals surface area contributed by atoms with Crippen LogP contribution in [-0.2, 0) is 16.2 Å². The van der Waals surface area contributed by atoms with E-state index in [1.807, 2.05) is 0 Å². The summed E-state index contributed by atoms with van der Waals surface area (Å²) in [5.74, 6) is -0.317. The molecular weight excluding hydrogens is 300 g/mol. The SMILES string of the molecule is O=C(Cn1cc(Br)ccc1=O)NOC1CCCC1. The van der Waals surface area contributed by atoms with E-state index < -0.39 is 0 Å². The molecule has 0 aromatic carbocycles. The third kappa shape index (κ3) is 3.68. The van der Waals surface area contributed by atoms with Crippen LogP contribution in [0.3, 0.4) is 0 Å². The Morgan fingerprint density at radius 2 is 2.17 bits per heavy atom. The van der Waals surface area contributed by atoms with Crippen molar-refractivity contribution in [3.8, 4) is 0 Å². The first-order valence-corrected chi connectivity index (χ1v) is 6.75. The normalized spacial score (nSPS) is 15.8. The first-order valence-electron chi connectivity index (χ1n) is 5.95. The molecule has 1 aromatic rings. The van der Waals surface area contributed by atoms with E-state index in [1.165, 1.54) is 10.6 Å². The molecule has 0 saturated heterocycles. The third-order valence-electron chi connectivity index (χ3n) is 2.90. The van der Waals surface area contributed by atoms with Gasteiger partial charge in [0, 0.05) is 16.7 Å². The van der Waals surface area contributed by atoms with Gasteiger partial charge in [0.05, 0.1) is 6.10 Å². The molecule has 1 aromatic heterocycles. The Morgan fingerprint density at radius 1 is 1.44 bits per heavy atom. The van der Waals surface area contributed by atoms with Crippen molar-refractivity contribution in [2.45, 2.75) is 38.3 Å². The fraction of sp³-hybridized carbons (Fsp3) is 0.500. The van der Waals surface area contributed by atoms with Crippen LogP contribution in [-0.4, -0.2) is 16.6 Å². The molecule has 1 fully saturated rings. The van der Waals surface area contributed by atoms with E-state index in [0.717, 1.165) is 30.2 Å². The van der Waals surface area contributed by atoms with Crippen LogP contribution in [0.15, 0.2) is 27.6 Å². The molecule has 1 aliphatic rings. The number of hydroxylamine groups is 1. The van der Waals surface area contributed by atoms with E-state index >= 15 is 0 Å². The number of amides is 1. The molecule has 0 radical (unpaired) electrons. The minimum Gasteiger partial charge on any atom is -0.305 e. The molecule has 0 aliphatic heterocycles. The summed E-state index contributed by atoms with van der Waals surface area (Å²) in [6.45, 7) is -0.0367. The highest BCUT2D eigenvalue weighted by atomic mass is 79.9. The van der Waals surface area contributed by atoms with E-state index in [-0.39, 0.29) is 24.1 Å². The Balaban J connectivity index is 1.86. The van der Waals surface area contributed by atoms with Gasteiger partial charge in [0.15, 0.2) is 0 Å². The first-order chi connectivity index (χ1) is 8.65. The van der Waals surface area contributed by atoms with Crippen molar-refractivity contribution in [3.05, 3.63) is 33.2 Å². The Bertz CT molecular complexity index is 480. The van der Waals surface area contributed by atoms with Crippen molar-refractivity contribution in [2.75, 3.05) is 0 Å². The van der Waals surface area contributed by atoms with Crippen LogP contribution in [0.5, 0.6) is 0 Å². The summed E-state index contributed by atoms with van der Waals surface area (Å²) in [7, 11) is 0. The highest BCUT2D eigenvalue weighted by Crippen LogP contribution is 2.19. The molecule has 0 bridgehead atoms. The van der Waals surface area contributed by atoms with E-state index in [9.17, 15) is 9.59 Å². The van der Waals surface area contributed by atoms with Crippen molar-refractivity contribution >= 4 is 21.8 Å². The van der Waals surface area contributed by atoms with E-state index in [1.54, 1.807) is 12.3 Å². The predicted molar refractivity (Wildman–Crippen MR) is 69.9 cm³/mol. The third-order valence-corrected chi connectivity index (χ3v) is 3.37. The molecule has 6 heteroatoms. The molecule has 1 amide bonds. The second kappa shape index (κ2) is 6.15. The maximum absolute atomic E-state index is 11.6. The van der Waals surface area contributed by atoms with Gasteiger partial charge in [0.25, 0.3) is 11.5 Å². The average molecular weight is 315 g/mol. The number of pyridine rings is 1. The number of nitrogens with one attached hydrogen (secondary N) is 1. The van der Waals surface area contributed by atoms with Gasteiger partial charge in [0.1, 0.15) is 6.54 Å². The molecule has 98 valence electrons. The van der Waals surface area contributed by atoms with Gasteiger partial charge in [-0.3, -0.25) is 14.4 Å². The van der Waals surface area contributed by atoms with Crippen molar-refractivity contribution in [3.63, 3.8) is 0 Å². The van der Waals surface area contributed by atoms with Crippen molar-refractivity contribution in [1.82, 2.24) is 10.0 Å². The van der Waals surface area contributed by atoms with Crippen LogP contribution in [0.4, 0.5) is 0 Å². The number of halogens is 1. The summed E-state index contributed by atoms with van der Waals surface area (Å²) in [5, 5.41) is 0. The number of nitrogens with zero attached hydrogens (tertiary/aromatic N) is 1. The molecule has 1 heterocycles. The summed E-state index contributed by atoms with van der Waals surface area (Å²) in [6, 6.07) is 3.06. The fourth-order valence-electron chi connectivity index (χ4n) is 1.97. The van der Waals surface area contributed by atoms with Gasteiger partial charge in [-0.25, -0.2) is 5.48 Å². The highest BCUT2D eigenvalue weighted by Gasteiger charge is 2.16. The lowest BCUT2D eigenvalue weighted by atomic mass is 10.3. The molecule has 0 unspecified atom stereocenters. The zero-order valence-electron chi connectivity index (χ0n) is 9.89. The molecular formula is C12H15BrN2O3.